The van der Waals surface area contributed by atoms with Gasteiger partial charge >= 0.3 is 6.18 Å². The Kier molecular flexibility index (Phi) is 6.95. The van der Waals surface area contributed by atoms with Crippen LogP contribution in [0.15, 0.2) is 29.3 Å². The number of likely N-dealkylation sites (N-methyl/N-ethyl adjacent to an activating group) is 1. The van der Waals surface area contributed by atoms with Gasteiger partial charge < -0.3 is 10.2 Å². The van der Waals surface area contributed by atoms with Crippen LogP contribution in [-0.2, 0) is 0 Å². The highest BCUT2D eigenvalue weighted by molar-refractivity contribution is 6.30. The molecular weight excluding hydrogens is 353 g/mol. The second-order valence-corrected chi connectivity index (χ2v) is 6.71. The highest BCUT2D eigenvalue weighted by atomic mass is 35.5. The number of hydrogen-bond donors (Lipinski definition) is 1. The molecule has 0 fully saturated rings. The van der Waals surface area contributed by atoms with Crippen molar-refractivity contribution < 1.29 is 13.2 Å². The second kappa shape index (κ2) is 8.76. The molecule has 140 valence electrons. The monoisotopic (exact) mass is 376 g/mol. The third-order valence-corrected chi connectivity index (χ3v) is 4.52. The molecule has 0 amide bonds. The quantitative estimate of drug-likeness (QED) is 0.823. The van der Waals surface area contributed by atoms with Gasteiger partial charge in [-0.05, 0) is 31.2 Å². The van der Waals surface area contributed by atoms with Gasteiger partial charge in [-0.3, -0.25) is 9.89 Å². The molecule has 2 rings (SSSR count). The minimum atomic E-state index is -4.17. The SMILES string of the molecule is CN1CCCN=C1NCC(c1ccc(Cl)cc1)N(C)CCC(F)(F)F. The first-order chi connectivity index (χ1) is 11.8. The van der Waals surface area contributed by atoms with E-state index in [0.29, 0.717) is 11.6 Å². The molecule has 0 bridgehead atoms. The van der Waals surface area contributed by atoms with Crippen molar-refractivity contribution in [3.63, 3.8) is 0 Å². The molecule has 0 radical (unpaired) electrons. The van der Waals surface area contributed by atoms with Gasteiger partial charge in [0, 0.05) is 38.2 Å². The zero-order valence-electron chi connectivity index (χ0n) is 14.5. The molecule has 0 aliphatic carbocycles. The molecule has 1 aromatic rings. The number of alkyl halides is 3. The molecule has 1 unspecified atom stereocenters. The van der Waals surface area contributed by atoms with Gasteiger partial charge in [-0.15, -0.1) is 0 Å². The van der Waals surface area contributed by atoms with Crippen LogP contribution in [0.4, 0.5) is 13.2 Å². The second-order valence-electron chi connectivity index (χ2n) is 6.27. The fraction of sp³-hybridized carbons (Fsp3) is 0.588. The van der Waals surface area contributed by atoms with E-state index < -0.39 is 12.6 Å². The maximum Gasteiger partial charge on any atom is 0.390 e. The van der Waals surface area contributed by atoms with E-state index in [1.165, 1.54) is 0 Å². The predicted molar refractivity (Wildman–Crippen MR) is 95.0 cm³/mol. The minimum Gasteiger partial charge on any atom is -0.354 e. The Morgan fingerprint density at radius 2 is 2.00 bits per heavy atom. The van der Waals surface area contributed by atoms with Gasteiger partial charge in [0.2, 0.25) is 0 Å². The smallest absolute Gasteiger partial charge is 0.354 e. The van der Waals surface area contributed by atoms with E-state index in [4.69, 9.17) is 11.6 Å². The van der Waals surface area contributed by atoms with E-state index in [0.717, 1.165) is 31.0 Å². The number of nitrogens with zero attached hydrogens (tertiary/aromatic N) is 3. The van der Waals surface area contributed by atoms with Crippen LogP contribution in [0.1, 0.15) is 24.4 Å². The van der Waals surface area contributed by atoms with E-state index in [2.05, 4.69) is 10.3 Å². The predicted octanol–water partition coefficient (Wildman–Crippen LogP) is 3.55. The fourth-order valence-electron chi connectivity index (χ4n) is 2.77. The largest absolute Gasteiger partial charge is 0.390 e. The number of halogens is 4. The van der Waals surface area contributed by atoms with E-state index in [-0.39, 0.29) is 12.6 Å². The number of hydrogen-bond acceptors (Lipinski definition) is 4. The summed E-state index contributed by atoms with van der Waals surface area (Å²) in [5, 5.41) is 3.88. The third-order valence-electron chi connectivity index (χ3n) is 4.26. The molecule has 0 saturated heterocycles. The molecule has 25 heavy (non-hydrogen) atoms. The van der Waals surface area contributed by atoms with Gasteiger partial charge in [0.25, 0.3) is 0 Å². The molecule has 0 spiro atoms. The Balaban J connectivity index is 2.08. The molecule has 1 aliphatic rings. The van der Waals surface area contributed by atoms with Gasteiger partial charge in [0.05, 0.1) is 12.5 Å². The number of guanidine groups is 1. The molecule has 0 saturated carbocycles. The van der Waals surface area contributed by atoms with Crippen LogP contribution in [0.2, 0.25) is 5.02 Å². The Labute approximate surface area is 151 Å². The lowest BCUT2D eigenvalue weighted by Crippen LogP contribution is -2.45. The normalized spacial score (nSPS) is 16.8. The standard InChI is InChI=1S/C17H24ClF3N4/c1-24(11-8-17(19,20)21)15(13-4-6-14(18)7-5-13)12-23-16-22-9-3-10-25(16)2/h4-7,15H,3,8-12H2,1-2H3,(H,22,23). The van der Waals surface area contributed by atoms with Crippen molar-refractivity contribution in [3.8, 4) is 0 Å². The van der Waals surface area contributed by atoms with Gasteiger partial charge in [0.15, 0.2) is 5.96 Å². The summed E-state index contributed by atoms with van der Waals surface area (Å²) in [7, 11) is 3.66. The van der Waals surface area contributed by atoms with Crippen molar-refractivity contribution in [1.29, 1.82) is 0 Å². The fourth-order valence-corrected chi connectivity index (χ4v) is 2.90. The lowest BCUT2D eigenvalue weighted by atomic mass is 10.1. The first-order valence-corrected chi connectivity index (χ1v) is 8.66. The third kappa shape index (κ3) is 6.40. The van der Waals surface area contributed by atoms with E-state index >= 15 is 0 Å². The molecular formula is C17H24ClF3N4. The van der Waals surface area contributed by atoms with Crippen LogP contribution in [0.25, 0.3) is 0 Å². The van der Waals surface area contributed by atoms with Gasteiger partial charge in [0.1, 0.15) is 0 Å². The Hall–Kier alpha value is -1.47. The number of aliphatic imine (C=N–C) groups is 1. The molecule has 4 nitrogen and oxygen atoms in total. The summed E-state index contributed by atoms with van der Waals surface area (Å²) >= 11 is 5.93. The van der Waals surface area contributed by atoms with Crippen molar-refractivity contribution in [3.05, 3.63) is 34.9 Å². The topological polar surface area (TPSA) is 30.9 Å². The van der Waals surface area contributed by atoms with Crippen LogP contribution in [0.5, 0.6) is 0 Å². The van der Waals surface area contributed by atoms with E-state index in [9.17, 15) is 13.2 Å². The zero-order chi connectivity index (χ0) is 18.4. The van der Waals surface area contributed by atoms with Crippen LogP contribution in [-0.4, -0.2) is 62.2 Å². The van der Waals surface area contributed by atoms with Gasteiger partial charge in [-0.25, -0.2) is 0 Å². The van der Waals surface area contributed by atoms with Crippen molar-refractivity contribution in [2.24, 2.45) is 4.99 Å². The summed E-state index contributed by atoms with van der Waals surface area (Å²) in [4.78, 5) is 8.19. The summed E-state index contributed by atoms with van der Waals surface area (Å²) in [6.45, 7) is 2.09. The van der Waals surface area contributed by atoms with Crippen LogP contribution in [0.3, 0.4) is 0 Å². The molecule has 0 aromatic heterocycles. The summed E-state index contributed by atoms with van der Waals surface area (Å²) < 4.78 is 37.7. The summed E-state index contributed by atoms with van der Waals surface area (Å²) in [6, 6.07) is 7.01. The van der Waals surface area contributed by atoms with Crippen molar-refractivity contribution >= 4 is 17.6 Å². The van der Waals surface area contributed by atoms with Crippen molar-refractivity contribution in [1.82, 2.24) is 15.1 Å². The maximum atomic E-state index is 12.6. The molecule has 1 aromatic carbocycles. The lowest BCUT2D eigenvalue weighted by Gasteiger charge is -2.32. The van der Waals surface area contributed by atoms with Crippen LogP contribution in [0, 0.1) is 0 Å². The summed E-state index contributed by atoms with van der Waals surface area (Å²) in [5.74, 6) is 0.787. The molecule has 1 atom stereocenters. The first kappa shape index (κ1) is 19.8. The van der Waals surface area contributed by atoms with Crippen LogP contribution >= 0.6 is 11.6 Å². The molecule has 1 heterocycles. The minimum absolute atomic E-state index is 0.0687. The molecule has 1 aliphatic heterocycles. The average molecular weight is 377 g/mol. The highest BCUT2D eigenvalue weighted by Crippen LogP contribution is 2.25. The summed E-state index contributed by atoms with van der Waals surface area (Å²) in [6.07, 6.45) is -4.00. The van der Waals surface area contributed by atoms with E-state index in [1.807, 2.05) is 24.1 Å². The Morgan fingerprint density at radius 1 is 1.32 bits per heavy atom. The highest BCUT2D eigenvalue weighted by Gasteiger charge is 2.29. The van der Waals surface area contributed by atoms with Gasteiger partial charge in [-0.2, -0.15) is 13.2 Å². The number of nitrogens with one attached hydrogen (secondary N) is 1. The number of rotatable bonds is 6. The van der Waals surface area contributed by atoms with Crippen molar-refractivity contribution in [2.75, 3.05) is 40.3 Å². The Morgan fingerprint density at radius 3 is 2.60 bits per heavy atom. The molecule has 1 N–H and O–H groups in total. The average Bonchev–Trinajstić information content (AvgIpc) is 2.55. The Bertz CT molecular complexity index is 574. The van der Waals surface area contributed by atoms with E-state index in [1.54, 1.807) is 24.1 Å². The lowest BCUT2D eigenvalue weighted by molar-refractivity contribution is -0.138. The zero-order valence-corrected chi connectivity index (χ0v) is 15.2. The first-order valence-electron chi connectivity index (χ1n) is 8.28. The number of benzene rings is 1. The van der Waals surface area contributed by atoms with Crippen molar-refractivity contribution in [2.45, 2.75) is 25.1 Å². The summed E-state index contributed by atoms with van der Waals surface area (Å²) in [5.41, 5.74) is 0.917. The van der Waals surface area contributed by atoms with Gasteiger partial charge in [-0.1, -0.05) is 23.7 Å². The molecule has 8 heteroatoms. The van der Waals surface area contributed by atoms with Crippen LogP contribution < -0.4 is 5.32 Å². The maximum absolute atomic E-state index is 12.6.